The summed E-state index contributed by atoms with van der Waals surface area (Å²) in [5.41, 5.74) is 5.59. The van der Waals surface area contributed by atoms with Gasteiger partial charge in [-0.15, -0.1) is 15.0 Å². The van der Waals surface area contributed by atoms with Crippen molar-refractivity contribution in [3.05, 3.63) is 103 Å². The van der Waals surface area contributed by atoms with Crippen molar-refractivity contribution in [2.75, 3.05) is 6.61 Å². The number of carbonyl (C=O) groups excluding carboxylic acids is 1. The van der Waals surface area contributed by atoms with Crippen LogP contribution in [-0.4, -0.2) is 32.7 Å². The zero-order chi connectivity index (χ0) is 23.8. The lowest BCUT2D eigenvalue weighted by Crippen LogP contribution is -2.08. The van der Waals surface area contributed by atoms with Crippen LogP contribution in [0.2, 0.25) is 0 Å². The minimum atomic E-state index is -0.408. The monoisotopic (exact) mass is 441 g/mol. The number of aromatic nitrogens is 3. The molecule has 6 heteroatoms. The van der Waals surface area contributed by atoms with E-state index in [0.717, 1.165) is 22.2 Å². The number of nitrogens with zero attached hydrogens (tertiary/aromatic N) is 3. The summed E-state index contributed by atoms with van der Waals surface area (Å²) in [5, 5.41) is 18.8. The molecule has 0 saturated carbocycles. The summed E-state index contributed by atoms with van der Waals surface area (Å²) in [4.78, 5) is 12.8. The second-order valence-electron chi connectivity index (χ2n) is 7.61. The Balaban J connectivity index is 0.000000286. The molecule has 0 unspecified atom stereocenters. The van der Waals surface area contributed by atoms with E-state index in [2.05, 4.69) is 35.5 Å². The van der Waals surface area contributed by atoms with Crippen molar-refractivity contribution in [3.63, 3.8) is 0 Å². The van der Waals surface area contributed by atoms with Crippen molar-refractivity contribution in [1.82, 2.24) is 15.0 Å². The van der Waals surface area contributed by atoms with Crippen molar-refractivity contribution >= 4 is 22.6 Å². The van der Waals surface area contributed by atoms with Gasteiger partial charge in [0.05, 0.1) is 6.61 Å². The van der Waals surface area contributed by atoms with E-state index in [1.807, 2.05) is 49.4 Å². The maximum Gasteiger partial charge on any atom is 0.333 e. The fraction of sp³-hybridized carbons (Fsp3) is 0.148. The van der Waals surface area contributed by atoms with Crippen LogP contribution in [0, 0.1) is 0 Å². The Labute approximate surface area is 193 Å². The summed E-state index contributed by atoms with van der Waals surface area (Å²) in [7, 11) is 0. The van der Waals surface area contributed by atoms with E-state index in [1.165, 1.54) is 10.4 Å². The van der Waals surface area contributed by atoms with Crippen LogP contribution in [0.15, 0.2) is 91.5 Å². The Bertz CT molecular complexity index is 1240. The van der Waals surface area contributed by atoms with Crippen molar-refractivity contribution < 1.29 is 14.6 Å². The first-order valence-electron chi connectivity index (χ1n) is 10.5. The highest BCUT2D eigenvalue weighted by Gasteiger charge is 2.10. The van der Waals surface area contributed by atoms with E-state index in [9.17, 15) is 9.90 Å². The average Bonchev–Trinajstić information content (AvgIpc) is 3.25. The third-order valence-electron chi connectivity index (χ3n) is 4.78. The predicted octanol–water partition coefficient (Wildman–Crippen LogP) is 5.51. The van der Waals surface area contributed by atoms with Gasteiger partial charge in [-0.3, -0.25) is 0 Å². The number of esters is 1. The molecule has 0 spiro atoms. The quantitative estimate of drug-likeness (QED) is 0.315. The highest BCUT2D eigenvalue weighted by Crippen LogP contribution is 2.23. The maximum absolute atomic E-state index is 11.4. The molecule has 0 fully saturated rings. The third kappa shape index (κ3) is 6.40. The predicted molar refractivity (Wildman–Crippen MR) is 131 cm³/mol. The van der Waals surface area contributed by atoms with Crippen LogP contribution in [0.25, 0.3) is 22.3 Å². The lowest BCUT2D eigenvalue weighted by atomic mass is 10.1. The van der Waals surface area contributed by atoms with Crippen LogP contribution in [0.3, 0.4) is 0 Å². The molecular formula is C27H27N3O3. The molecule has 0 amide bonds. The third-order valence-corrected chi connectivity index (χ3v) is 4.78. The molecule has 33 heavy (non-hydrogen) atoms. The van der Waals surface area contributed by atoms with Gasteiger partial charge in [-0.1, -0.05) is 67.3 Å². The number of ether oxygens (including phenoxy) is 1. The number of benzene rings is 3. The Morgan fingerprint density at radius 2 is 1.55 bits per heavy atom. The molecule has 3 aromatic carbocycles. The van der Waals surface area contributed by atoms with Crippen molar-refractivity contribution in [3.8, 4) is 11.4 Å². The maximum atomic E-state index is 11.4. The molecule has 0 atom stereocenters. The Morgan fingerprint density at radius 3 is 2.09 bits per heavy atom. The Kier molecular flexibility index (Phi) is 7.76. The first kappa shape index (κ1) is 23.5. The van der Waals surface area contributed by atoms with E-state index in [0.29, 0.717) is 17.7 Å². The molecule has 0 aliphatic carbocycles. The van der Waals surface area contributed by atoms with Crippen LogP contribution >= 0.6 is 0 Å². The van der Waals surface area contributed by atoms with Crippen LogP contribution in [0.1, 0.15) is 25.0 Å². The number of hydrogen-bond donors (Lipinski definition) is 1. The second kappa shape index (κ2) is 10.9. The molecule has 0 saturated heterocycles. The van der Waals surface area contributed by atoms with Gasteiger partial charge in [0.25, 0.3) is 0 Å². The number of hydrogen-bond acceptors (Lipinski definition) is 5. The van der Waals surface area contributed by atoms with Crippen molar-refractivity contribution in [2.45, 2.75) is 20.3 Å². The fourth-order valence-corrected chi connectivity index (χ4v) is 2.96. The van der Waals surface area contributed by atoms with Gasteiger partial charge >= 0.3 is 5.97 Å². The van der Waals surface area contributed by atoms with Crippen molar-refractivity contribution in [1.29, 1.82) is 0 Å². The first-order valence-corrected chi connectivity index (χ1v) is 10.5. The minimum Gasteiger partial charge on any atom is -0.506 e. The minimum absolute atomic E-state index is 0.0815. The highest BCUT2D eigenvalue weighted by atomic mass is 16.5. The van der Waals surface area contributed by atoms with Gasteiger partial charge in [0.15, 0.2) is 0 Å². The molecule has 4 rings (SSSR count). The van der Waals surface area contributed by atoms with Gasteiger partial charge < -0.3 is 9.84 Å². The summed E-state index contributed by atoms with van der Waals surface area (Å²) >= 11 is 0. The fourth-order valence-electron chi connectivity index (χ4n) is 2.96. The standard InChI is InChI=1S/C18H17N3O3.C9H10/c1-12(2)18(23)24-10-9-13-7-8-17(22)16(11-13)21-19-14-5-3-4-6-15(14)20-21;1-8(2)9-6-4-3-5-7-9/h3-8,11,22H,1,9-10H2,2H3;3-7H,1H2,2H3. The zero-order valence-corrected chi connectivity index (χ0v) is 18.9. The molecule has 1 N–H and O–H groups in total. The second-order valence-corrected chi connectivity index (χ2v) is 7.61. The van der Waals surface area contributed by atoms with Gasteiger partial charge in [-0.2, -0.15) is 0 Å². The number of fused-ring (bicyclic) bond motifs is 1. The first-order chi connectivity index (χ1) is 15.8. The van der Waals surface area contributed by atoms with Gasteiger partial charge in [0.2, 0.25) is 0 Å². The normalized spacial score (nSPS) is 10.2. The summed E-state index contributed by atoms with van der Waals surface area (Å²) in [5.74, 6) is -0.327. The average molecular weight is 442 g/mol. The highest BCUT2D eigenvalue weighted by molar-refractivity contribution is 5.86. The van der Waals surface area contributed by atoms with Gasteiger partial charge in [0.1, 0.15) is 22.5 Å². The number of aromatic hydroxyl groups is 1. The van der Waals surface area contributed by atoms with Gasteiger partial charge in [-0.05, 0) is 49.2 Å². The smallest absolute Gasteiger partial charge is 0.333 e. The largest absolute Gasteiger partial charge is 0.506 e. The Hall–Kier alpha value is -4.19. The molecular weight excluding hydrogens is 414 g/mol. The number of rotatable bonds is 6. The van der Waals surface area contributed by atoms with Crippen molar-refractivity contribution in [2.24, 2.45) is 0 Å². The molecule has 6 nitrogen and oxygen atoms in total. The van der Waals surface area contributed by atoms with E-state index < -0.39 is 5.97 Å². The topological polar surface area (TPSA) is 77.2 Å². The van der Waals surface area contributed by atoms with Crippen LogP contribution in [-0.2, 0) is 16.0 Å². The van der Waals surface area contributed by atoms with Crippen LogP contribution in [0.4, 0.5) is 0 Å². The van der Waals surface area contributed by atoms with E-state index in [4.69, 9.17) is 4.74 Å². The van der Waals surface area contributed by atoms with E-state index >= 15 is 0 Å². The SMILES string of the molecule is C=C(C)C(=O)OCCc1ccc(O)c(-n2nc3ccccc3n2)c1.C=C(C)c1ccccc1. The lowest BCUT2D eigenvalue weighted by molar-refractivity contribution is -0.138. The number of carbonyl (C=O) groups is 1. The van der Waals surface area contributed by atoms with Crippen LogP contribution < -0.4 is 0 Å². The summed E-state index contributed by atoms with van der Waals surface area (Å²) < 4.78 is 5.09. The lowest BCUT2D eigenvalue weighted by Gasteiger charge is -2.08. The Morgan fingerprint density at radius 1 is 0.939 bits per heavy atom. The molecule has 168 valence electrons. The summed E-state index contributed by atoms with van der Waals surface area (Å²) in [6.45, 7) is 11.2. The molecule has 0 bridgehead atoms. The number of phenols is 1. The molecule has 0 radical (unpaired) electrons. The zero-order valence-electron chi connectivity index (χ0n) is 18.9. The van der Waals surface area contributed by atoms with Gasteiger partial charge in [-0.25, -0.2) is 4.79 Å². The molecule has 1 aromatic heterocycles. The number of allylic oxidation sites excluding steroid dienone is 1. The van der Waals surface area contributed by atoms with E-state index in [1.54, 1.807) is 25.1 Å². The molecule has 0 aliphatic rings. The summed E-state index contributed by atoms with van der Waals surface area (Å²) in [6.07, 6.45) is 0.521. The number of phenolic OH excluding ortho intramolecular Hbond substituents is 1. The molecule has 4 aromatic rings. The summed E-state index contributed by atoms with van der Waals surface area (Å²) in [6, 6.07) is 22.8. The molecule has 1 heterocycles. The van der Waals surface area contributed by atoms with Gasteiger partial charge in [0, 0.05) is 12.0 Å². The van der Waals surface area contributed by atoms with Crippen LogP contribution in [0.5, 0.6) is 5.75 Å². The van der Waals surface area contributed by atoms with E-state index in [-0.39, 0.29) is 12.4 Å². The molecule has 0 aliphatic heterocycles.